The standard InChI is InChI=1S/C24H22N2O3/c1-26(24(28)19-12-6-9-17-8-2-3-10-18(17)19)15-7-14-25-21-16-23(27)29-22-13-5-4-11-20(21)22/h2-6,8-13,16,25H,7,14-15H2,1H3. The van der Waals surface area contributed by atoms with Gasteiger partial charge in [0.25, 0.3) is 5.91 Å². The molecule has 1 aromatic heterocycles. The smallest absolute Gasteiger partial charge is 0.338 e. The fraction of sp³-hybridized carbons (Fsp3) is 0.167. The van der Waals surface area contributed by atoms with E-state index in [1.807, 2.05) is 67.7 Å². The molecule has 0 atom stereocenters. The number of para-hydroxylation sites is 1. The average Bonchev–Trinajstić information content (AvgIpc) is 2.75. The fourth-order valence-corrected chi connectivity index (χ4v) is 3.52. The summed E-state index contributed by atoms with van der Waals surface area (Å²) < 4.78 is 5.21. The molecule has 0 spiro atoms. The maximum absolute atomic E-state index is 12.9. The second kappa shape index (κ2) is 8.19. The first kappa shape index (κ1) is 18.7. The molecule has 0 radical (unpaired) electrons. The Kier molecular flexibility index (Phi) is 5.29. The van der Waals surface area contributed by atoms with Crippen LogP contribution >= 0.6 is 0 Å². The SMILES string of the molecule is CN(CCCNc1cc(=O)oc2ccccc12)C(=O)c1cccc2ccccc12. The third kappa shape index (κ3) is 3.99. The molecule has 1 N–H and O–H groups in total. The van der Waals surface area contributed by atoms with Gasteiger partial charge in [0.05, 0.1) is 5.69 Å². The zero-order valence-corrected chi connectivity index (χ0v) is 16.2. The van der Waals surface area contributed by atoms with Gasteiger partial charge in [0, 0.05) is 37.2 Å². The van der Waals surface area contributed by atoms with Crippen LogP contribution in [0.4, 0.5) is 5.69 Å². The number of hydrogen-bond acceptors (Lipinski definition) is 4. The van der Waals surface area contributed by atoms with Crippen LogP contribution in [-0.4, -0.2) is 30.9 Å². The van der Waals surface area contributed by atoms with E-state index in [-0.39, 0.29) is 11.5 Å². The van der Waals surface area contributed by atoms with E-state index in [9.17, 15) is 9.59 Å². The van der Waals surface area contributed by atoms with E-state index in [4.69, 9.17) is 4.42 Å². The first-order chi connectivity index (χ1) is 14.1. The van der Waals surface area contributed by atoms with Crippen molar-refractivity contribution in [3.63, 3.8) is 0 Å². The van der Waals surface area contributed by atoms with Crippen molar-refractivity contribution in [1.82, 2.24) is 4.90 Å². The Hall–Kier alpha value is -3.60. The molecule has 146 valence electrons. The number of benzene rings is 3. The van der Waals surface area contributed by atoms with Gasteiger partial charge in [-0.3, -0.25) is 4.79 Å². The minimum Gasteiger partial charge on any atom is -0.423 e. The van der Waals surface area contributed by atoms with E-state index < -0.39 is 0 Å². The van der Waals surface area contributed by atoms with Crippen molar-refractivity contribution in [2.24, 2.45) is 0 Å². The lowest BCUT2D eigenvalue weighted by atomic mass is 10.0. The number of anilines is 1. The van der Waals surface area contributed by atoms with Crippen molar-refractivity contribution in [2.45, 2.75) is 6.42 Å². The van der Waals surface area contributed by atoms with Crippen LogP contribution in [0.15, 0.2) is 82.0 Å². The first-order valence-electron chi connectivity index (χ1n) is 9.63. The summed E-state index contributed by atoms with van der Waals surface area (Å²) in [6.45, 7) is 1.25. The van der Waals surface area contributed by atoms with Crippen LogP contribution in [0.2, 0.25) is 0 Å². The third-order valence-electron chi connectivity index (χ3n) is 5.00. The van der Waals surface area contributed by atoms with E-state index >= 15 is 0 Å². The van der Waals surface area contributed by atoms with Crippen molar-refractivity contribution >= 4 is 33.3 Å². The Morgan fingerprint density at radius 2 is 1.69 bits per heavy atom. The minimum atomic E-state index is -0.380. The van der Waals surface area contributed by atoms with E-state index in [1.165, 1.54) is 6.07 Å². The summed E-state index contributed by atoms with van der Waals surface area (Å²) >= 11 is 0. The van der Waals surface area contributed by atoms with Crippen molar-refractivity contribution in [3.8, 4) is 0 Å². The van der Waals surface area contributed by atoms with Gasteiger partial charge in [0.2, 0.25) is 0 Å². The second-order valence-electron chi connectivity index (χ2n) is 7.01. The summed E-state index contributed by atoms with van der Waals surface area (Å²) in [6.07, 6.45) is 0.752. The molecule has 1 heterocycles. The number of nitrogens with one attached hydrogen (secondary N) is 1. The van der Waals surface area contributed by atoms with E-state index in [0.717, 1.165) is 28.3 Å². The molecule has 0 bridgehead atoms. The van der Waals surface area contributed by atoms with E-state index in [0.29, 0.717) is 24.2 Å². The van der Waals surface area contributed by atoms with Crippen LogP contribution < -0.4 is 10.9 Å². The van der Waals surface area contributed by atoms with Gasteiger partial charge < -0.3 is 14.6 Å². The molecule has 0 saturated carbocycles. The van der Waals surface area contributed by atoms with Gasteiger partial charge in [-0.15, -0.1) is 0 Å². The van der Waals surface area contributed by atoms with Crippen LogP contribution in [0.3, 0.4) is 0 Å². The Bertz CT molecular complexity index is 1220. The van der Waals surface area contributed by atoms with E-state index in [2.05, 4.69) is 5.32 Å². The molecule has 1 amide bonds. The Morgan fingerprint density at radius 1 is 0.966 bits per heavy atom. The molecule has 0 aliphatic heterocycles. The normalized spacial score (nSPS) is 10.9. The maximum Gasteiger partial charge on any atom is 0.338 e. The highest BCUT2D eigenvalue weighted by molar-refractivity contribution is 6.06. The van der Waals surface area contributed by atoms with Crippen LogP contribution in [0.1, 0.15) is 16.8 Å². The van der Waals surface area contributed by atoms with Gasteiger partial charge in [-0.1, -0.05) is 48.5 Å². The van der Waals surface area contributed by atoms with Crippen molar-refractivity contribution in [2.75, 3.05) is 25.5 Å². The first-order valence-corrected chi connectivity index (χ1v) is 9.63. The number of rotatable bonds is 6. The van der Waals surface area contributed by atoms with Gasteiger partial charge in [0.15, 0.2) is 0 Å². The molecule has 3 aromatic carbocycles. The highest BCUT2D eigenvalue weighted by Crippen LogP contribution is 2.21. The molecule has 4 aromatic rings. The maximum atomic E-state index is 12.9. The minimum absolute atomic E-state index is 0.00704. The molecule has 0 unspecified atom stereocenters. The largest absolute Gasteiger partial charge is 0.423 e. The van der Waals surface area contributed by atoms with Gasteiger partial charge in [0.1, 0.15) is 5.58 Å². The molecule has 0 aliphatic carbocycles. The molecule has 29 heavy (non-hydrogen) atoms. The summed E-state index contributed by atoms with van der Waals surface area (Å²) in [4.78, 5) is 26.4. The lowest BCUT2D eigenvalue weighted by molar-refractivity contribution is 0.0796. The summed E-state index contributed by atoms with van der Waals surface area (Å²) in [5.74, 6) is 0.00704. The number of fused-ring (bicyclic) bond motifs is 2. The van der Waals surface area contributed by atoms with Gasteiger partial charge >= 0.3 is 5.63 Å². The Morgan fingerprint density at radius 3 is 2.55 bits per heavy atom. The molecule has 5 heteroatoms. The topological polar surface area (TPSA) is 62.6 Å². The lowest BCUT2D eigenvalue weighted by Gasteiger charge is -2.18. The predicted molar refractivity (Wildman–Crippen MR) is 116 cm³/mol. The Labute approximate surface area is 168 Å². The number of carbonyl (C=O) groups is 1. The summed E-state index contributed by atoms with van der Waals surface area (Å²) in [7, 11) is 1.82. The number of carbonyl (C=O) groups excluding carboxylic acids is 1. The second-order valence-corrected chi connectivity index (χ2v) is 7.01. The third-order valence-corrected chi connectivity index (χ3v) is 5.00. The van der Waals surface area contributed by atoms with Crippen molar-refractivity contribution in [3.05, 3.63) is 88.8 Å². The Balaban J connectivity index is 1.40. The summed E-state index contributed by atoms with van der Waals surface area (Å²) in [5.41, 5.74) is 1.64. The number of nitrogens with zero attached hydrogens (tertiary/aromatic N) is 1. The fourth-order valence-electron chi connectivity index (χ4n) is 3.52. The van der Waals surface area contributed by atoms with E-state index in [1.54, 1.807) is 11.0 Å². The quantitative estimate of drug-likeness (QED) is 0.391. The molecular weight excluding hydrogens is 364 g/mol. The molecule has 5 nitrogen and oxygen atoms in total. The number of hydrogen-bond donors (Lipinski definition) is 1. The van der Waals surface area contributed by atoms with Crippen LogP contribution in [0.5, 0.6) is 0 Å². The van der Waals surface area contributed by atoms with Gasteiger partial charge in [-0.25, -0.2) is 4.79 Å². The highest BCUT2D eigenvalue weighted by atomic mass is 16.4. The molecule has 0 saturated heterocycles. The zero-order valence-electron chi connectivity index (χ0n) is 16.2. The monoisotopic (exact) mass is 386 g/mol. The summed E-state index contributed by atoms with van der Waals surface area (Å²) in [6, 6.07) is 22.6. The molecule has 0 fully saturated rings. The number of amides is 1. The molecular formula is C24H22N2O3. The predicted octanol–water partition coefficient (Wildman–Crippen LogP) is 4.52. The van der Waals surface area contributed by atoms with Crippen LogP contribution in [-0.2, 0) is 0 Å². The lowest BCUT2D eigenvalue weighted by Crippen LogP contribution is -2.29. The van der Waals surface area contributed by atoms with Gasteiger partial charge in [-0.05, 0) is 35.4 Å². The highest BCUT2D eigenvalue weighted by Gasteiger charge is 2.14. The van der Waals surface area contributed by atoms with Crippen molar-refractivity contribution in [1.29, 1.82) is 0 Å². The van der Waals surface area contributed by atoms with Crippen LogP contribution in [0.25, 0.3) is 21.7 Å². The molecule has 0 aliphatic rings. The van der Waals surface area contributed by atoms with Crippen LogP contribution in [0, 0.1) is 0 Å². The summed E-state index contributed by atoms with van der Waals surface area (Å²) in [5, 5.41) is 6.19. The zero-order chi connectivity index (χ0) is 20.2. The molecule has 4 rings (SSSR count). The average molecular weight is 386 g/mol. The van der Waals surface area contributed by atoms with Gasteiger partial charge in [-0.2, -0.15) is 0 Å². The van der Waals surface area contributed by atoms with Crippen molar-refractivity contribution < 1.29 is 9.21 Å².